The second-order valence-electron chi connectivity index (χ2n) is 4.39. The molecular weight excluding hydrogens is 344 g/mol. The summed E-state index contributed by atoms with van der Waals surface area (Å²) in [6.45, 7) is 2.93. The highest BCUT2D eigenvalue weighted by Gasteiger charge is 2.35. The summed E-state index contributed by atoms with van der Waals surface area (Å²) in [5.74, 6) is 0. The Morgan fingerprint density at radius 1 is 1.56 bits per heavy atom. The number of nitrogens with zero attached hydrogens (tertiary/aromatic N) is 2. The van der Waals surface area contributed by atoms with Gasteiger partial charge in [-0.2, -0.15) is 4.31 Å². The lowest BCUT2D eigenvalue weighted by molar-refractivity contribution is 0.138. The van der Waals surface area contributed by atoms with Crippen LogP contribution in [0.3, 0.4) is 0 Å². The zero-order chi connectivity index (χ0) is 14.1. The Hall–Kier alpha value is -0.210. The van der Waals surface area contributed by atoms with Gasteiger partial charge in [-0.1, -0.05) is 11.6 Å². The van der Waals surface area contributed by atoms with Gasteiger partial charge in [-0.3, -0.25) is 0 Å². The highest BCUT2D eigenvalue weighted by Crippen LogP contribution is 2.28. The highest BCUT2D eigenvalue weighted by atomic mass is 79.9. The molecule has 1 aromatic heterocycles. The van der Waals surface area contributed by atoms with Crippen molar-refractivity contribution in [3.8, 4) is 0 Å². The van der Waals surface area contributed by atoms with Gasteiger partial charge in [0.1, 0.15) is 10.0 Å². The van der Waals surface area contributed by atoms with E-state index >= 15 is 0 Å². The van der Waals surface area contributed by atoms with Crippen LogP contribution in [0.1, 0.15) is 13.8 Å². The molecule has 0 fully saturated rings. The van der Waals surface area contributed by atoms with Crippen molar-refractivity contribution in [2.24, 2.45) is 0 Å². The molecule has 0 aliphatic heterocycles. The van der Waals surface area contributed by atoms with Crippen LogP contribution in [0, 0.1) is 0 Å². The Balaban J connectivity index is 3.34. The molecule has 0 unspecified atom stereocenters. The number of hydrogen-bond acceptors (Lipinski definition) is 4. The lowest BCUT2D eigenvalue weighted by Crippen LogP contribution is -2.47. The summed E-state index contributed by atoms with van der Waals surface area (Å²) in [5.41, 5.74) is -0.926. The SMILES string of the molecule is CN(C(C)(C)CO)S(=O)(=O)c1cc(Br)cnc1Cl. The number of aliphatic hydroxyl groups excluding tert-OH is 1. The maximum atomic E-state index is 12.4. The van der Waals surface area contributed by atoms with E-state index in [4.69, 9.17) is 11.6 Å². The van der Waals surface area contributed by atoms with E-state index in [1.54, 1.807) is 13.8 Å². The number of aliphatic hydroxyl groups is 1. The maximum absolute atomic E-state index is 12.4. The van der Waals surface area contributed by atoms with Crippen molar-refractivity contribution < 1.29 is 13.5 Å². The molecule has 0 bridgehead atoms. The molecule has 0 amide bonds. The van der Waals surface area contributed by atoms with Crippen molar-refractivity contribution in [1.82, 2.24) is 9.29 Å². The van der Waals surface area contributed by atoms with Gasteiger partial charge < -0.3 is 5.11 Å². The van der Waals surface area contributed by atoms with Crippen molar-refractivity contribution in [2.75, 3.05) is 13.7 Å². The summed E-state index contributed by atoms with van der Waals surface area (Å²) in [4.78, 5) is 3.69. The summed E-state index contributed by atoms with van der Waals surface area (Å²) in [7, 11) is -2.42. The topological polar surface area (TPSA) is 70.5 Å². The molecule has 5 nitrogen and oxygen atoms in total. The third kappa shape index (κ3) is 3.03. The number of likely N-dealkylation sites (N-methyl/N-ethyl adjacent to an activating group) is 1. The first-order valence-electron chi connectivity index (χ1n) is 5.04. The van der Waals surface area contributed by atoms with Gasteiger partial charge in [0.05, 0.1) is 12.1 Å². The van der Waals surface area contributed by atoms with E-state index in [-0.39, 0.29) is 16.7 Å². The zero-order valence-electron chi connectivity index (χ0n) is 10.2. The van der Waals surface area contributed by atoms with E-state index in [1.807, 2.05) is 0 Å². The van der Waals surface area contributed by atoms with E-state index in [9.17, 15) is 13.5 Å². The van der Waals surface area contributed by atoms with Crippen molar-refractivity contribution >= 4 is 37.6 Å². The zero-order valence-corrected chi connectivity index (χ0v) is 13.3. The number of halogens is 2. The Morgan fingerprint density at radius 3 is 2.61 bits per heavy atom. The van der Waals surface area contributed by atoms with E-state index in [0.29, 0.717) is 4.47 Å². The third-order valence-electron chi connectivity index (χ3n) is 2.65. The fraction of sp³-hybridized carbons (Fsp3) is 0.500. The number of aromatic nitrogens is 1. The largest absolute Gasteiger partial charge is 0.394 e. The van der Waals surface area contributed by atoms with E-state index in [1.165, 1.54) is 19.3 Å². The molecule has 1 N–H and O–H groups in total. The maximum Gasteiger partial charge on any atom is 0.246 e. The first-order chi connectivity index (χ1) is 8.13. The smallest absolute Gasteiger partial charge is 0.246 e. The molecule has 8 heteroatoms. The van der Waals surface area contributed by atoms with Crippen LogP contribution in [-0.2, 0) is 10.0 Å². The number of hydrogen-bond donors (Lipinski definition) is 1. The molecule has 0 aromatic carbocycles. The molecule has 0 saturated heterocycles. The molecule has 0 radical (unpaired) electrons. The fourth-order valence-corrected chi connectivity index (χ4v) is 3.58. The molecule has 0 aliphatic carbocycles. The van der Waals surface area contributed by atoms with Crippen LogP contribution in [0.5, 0.6) is 0 Å². The van der Waals surface area contributed by atoms with Crippen LogP contribution < -0.4 is 0 Å². The number of pyridine rings is 1. The second kappa shape index (κ2) is 5.42. The summed E-state index contributed by atoms with van der Waals surface area (Å²) in [5, 5.41) is 9.14. The minimum Gasteiger partial charge on any atom is -0.394 e. The highest BCUT2D eigenvalue weighted by molar-refractivity contribution is 9.10. The molecular formula is C10H14BrClN2O3S. The molecule has 0 saturated carbocycles. The first-order valence-corrected chi connectivity index (χ1v) is 7.65. The lowest BCUT2D eigenvalue weighted by atomic mass is 10.1. The first kappa shape index (κ1) is 15.8. The number of sulfonamides is 1. The van der Waals surface area contributed by atoms with Gasteiger partial charge in [0, 0.05) is 17.7 Å². The fourth-order valence-electron chi connectivity index (χ4n) is 1.16. The van der Waals surface area contributed by atoms with Gasteiger partial charge in [0.2, 0.25) is 10.0 Å². The third-order valence-corrected chi connectivity index (χ3v) is 5.58. The van der Waals surface area contributed by atoms with E-state index in [0.717, 1.165) is 4.31 Å². The van der Waals surface area contributed by atoms with E-state index in [2.05, 4.69) is 20.9 Å². The quantitative estimate of drug-likeness (QED) is 0.835. The summed E-state index contributed by atoms with van der Waals surface area (Å²) >= 11 is 8.97. The van der Waals surface area contributed by atoms with Crippen LogP contribution in [0.15, 0.2) is 21.6 Å². The molecule has 0 spiro atoms. The predicted octanol–water partition coefficient (Wildman–Crippen LogP) is 1.89. The van der Waals surface area contributed by atoms with Crippen molar-refractivity contribution in [1.29, 1.82) is 0 Å². The van der Waals surface area contributed by atoms with Crippen molar-refractivity contribution in [2.45, 2.75) is 24.3 Å². The average molecular weight is 358 g/mol. The summed E-state index contributed by atoms with van der Waals surface area (Å²) in [6.07, 6.45) is 1.42. The molecule has 18 heavy (non-hydrogen) atoms. The van der Waals surface area contributed by atoms with Gasteiger partial charge >= 0.3 is 0 Å². The van der Waals surface area contributed by atoms with Crippen molar-refractivity contribution in [3.05, 3.63) is 21.9 Å². The monoisotopic (exact) mass is 356 g/mol. The van der Waals surface area contributed by atoms with Crippen LogP contribution in [0.4, 0.5) is 0 Å². The second-order valence-corrected chi connectivity index (χ2v) is 7.60. The molecule has 0 atom stereocenters. The molecule has 1 rings (SSSR count). The molecule has 0 aliphatic rings. The lowest BCUT2D eigenvalue weighted by Gasteiger charge is -2.32. The Kier molecular flexibility index (Phi) is 4.77. The van der Waals surface area contributed by atoms with Gasteiger partial charge in [0.15, 0.2) is 0 Å². The van der Waals surface area contributed by atoms with Crippen LogP contribution >= 0.6 is 27.5 Å². The standard InChI is InChI=1S/C10H14BrClN2O3S/c1-10(2,6-15)14(3)18(16,17)8-4-7(11)5-13-9(8)12/h4-5,15H,6H2,1-3H3. The Labute approximate surface area is 120 Å². The number of rotatable bonds is 4. The molecule has 1 heterocycles. The minimum atomic E-state index is -3.81. The van der Waals surface area contributed by atoms with Gasteiger partial charge in [0.25, 0.3) is 0 Å². The average Bonchev–Trinajstić information content (AvgIpc) is 2.31. The van der Waals surface area contributed by atoms with Crippen LogP contribution in [0.2, 0.25) is 5.15 Å². The van der Waals surface area contributed by atoms with Gasteiger partial charge in [-0.05, 0) is 35.8 Å². The van der Waals surface area contributed by atoms with Crippen molar-refractivity contribution in [3.63, 3.8) is 0 Å². The minimum absolute atomic E-state index is 0.0948. The molecule has 102 valence electrons. The van der Waals surface area contributed by atoms with Crippen LogP contribution in [0.25, 0.3) is 0 Å². The Bertz CT molecular complexity index is 548. The predicted molar refractivity (Wildman–Crippen MR) is 73.1 cm³/mol. The van der Waals surface area contributed by atoms with Gasteiger partial charge in [-0.15, -0.1) is 0 Å². The van der Waals surface area contributed by atoms with Gasteiger partial charge in [-0.25, -0.2) is 13.4 Å². The summed E-state index contributed by atoms with van der Waals surface area (Å²) in [6, 6.07) is 1.38. The summed E-state index contributed by atoms with van der Waals surface area (Å²) < 4.78 is 26.4. The molecule has 1 aromatic rings. The van der Waals surface area contributed by atoms with Crippen LogP contribution in [-0.4, -0.2) is 42.0 Å². The Morgan fingerprint density at radius 2 is 2.11 bits per heavy atom. The normalized spacial score (nSPS) is 13.1. The van der Waals surface area contributed by atoms with E-state index < -0.39 is 15.6 Å².